The van der Waals surface area contributed by atoms with Gasteiger partial charge >= 0.3 is 5.97 Å². The lowest BCUT2D eigenvalue weighted by Gasteiger charge is -2.01. The minimum absolute atomic E-state index is 0.412. The molecule has 1 aromatic carbocycles. The predicted octanol–water partition coefficient (Wildman–Crippen LogP) is 3.14. The zero-order valence-electron chi connectivity index (χ0n) is 10.4. The second-order valence-electron chi connectivity index (χ2n) is 4.38. The molecule has 0 saturated carbocycles. The Balaban J connectivity index is 2.87. The highest BCUT2D eigenvalue weighted by Crippen LogP contribution is 2.29. The SMILES string of the molecule is CCCc1c(C)n(C)c2cccc(C(=O)O)c12. The van der Waals surface area contributed by atoms with E-state index in [1.54, 1.807) is 12.1 Å². The molecule has 0 amide bonds. The van der Waals surface area contributed by atoms with E-state index in [1.807, 2.05) is 13.1 Å². The molecular weight excluding hydrogens is 214 g/mol. The van der Waals surface area contributed by atoms with E-state index in [4.69, 9.17) is 0 Å². The molecule has 1 aromatic heterocycles. The Bertz CT molecular complexity index is 581. The summed E-state index contributed by atoms with van der Waals surface area (Å²) in [4.78, 5) is 11.3. The molecule has 0 fully saturated rings. The largest absolute Gasteiger partial charge is 0.478 e. The number of carboxylic acid groups (broad SMARTS) is 1. The molecule has 2 aromatic rings. The average Bonchev–Trinajstić information content (AvgIpc) is 2.55. The second-order valence-corrected chi connectivity index (χ2v) is 4.38. The highest BCUT2D eigenvalue weighted by Gasteiger charge is 2.17. The molecule has 3 nitrogen and oxygen atoms in total. The van der Waals surface area contributed by atoms with Gasteiger partial charge in [-0.2, -0.15) is 0 Å². The van der Waals surface area contributed by atoms with E-state index in [0.29, 0.717) is 5.56 Å². The third-order valence-electron chi connectivity index (χ3n) is 3.38. The van der Waals surface area contributed by atoms with Crippen molar-refractivity contribution in [3.8, 4) is 0 Å². The van der Waals surface area contributed by atoms with Gasteiger partial charge < -0.3 is 9.67 Å². The highest BCUT2D eigenvalue weighted by molar-refractivity contribution is 6.05. The molecule has 2 rings (SSSR count). The molecule has 0 atom stereocenters. The summed E-state index contributed by atoms with van der Waals surface area (Å²) < 4.78 is 2.08. The van der Waals surface area contributed by atoms with Crippen molar-refractivity contribution in [1.29, 1.82) is 0 Å². The van der Waals surface area contributed by atoms with Crippen LogP contribution in [0, 0.1) is 6.92 Å². The first-order valence-electron chi connectivity index (χ1n) is 5.88. The van der Waals surface area contributed by atoms with Crippen LogP contribution in [0.4, 0.5) is 0 Å². The van der Waals surface area contributed by atoms with Gasteiger partial charge in [0.15, 0.2) is 0 Å². The number of aromatic nitrogens is 1. The Morgan fingerprint density at radius 1 is 1.41 bits per heavy atom. The summed E-state index contributed by atoms with van der Waals surface area (Å²) >= 11 is 0. The number of carbonyl (C=O) groups is 1. The van der Waals surface area contributed by atoms with Crippen LogP contribution in [0.15, 0.2) is 18.2 Å². The van der Waals surface area contributed by atoms with Crippen molar-refractivity contribution in [1.82, 2.24) is 4.57 Å². The molecule has 0 radical (unpaired) electrons. The fraction of sp³-hybridized carbons (Fsp3) is 0.357. The van der Waals surface area contributed by atoms with Crippen molar-refractivity contribution in [3.05, 3.63) is 35.0 Å². The number of hydrogen-bond donors (Lipinski definition) is 1. The zero-order chi connectivity index (χ0) is 12.6. The van der Waals surface area contributed by atoms with Crippen LogP contribution in [0.5, 0.6) is 0 Å². The van der Waals surface area contributed by atoms with Crippen LogP contribution < -0.4 is 0 Å². The van der Waals surface area contributed by atoms with Gasteiger partial charge in [-0.15, -0.1) is 0 Å². The summed E-state index contributed by atoms with van der Waals surface area (Å²) in [5.41, 5.74) is 3.75. The molecule has 0 aliphatic rings. The number of carboxylic acids is 1. The summed E-state index contributed by atoms with van der Waals surface area (Å²) in [6.45, 7) is 4.16. The summed E-state index contributed by atoms with van der Waals surface area (Å²) in [6, 6.07) is 5.47. The van der Waals surface area contributed by atoms with Gasteiger partial charge in [0.05, 0.1) is 5.56 Å². The quantitative estimate of drug-likeness (QED) is 0.881. The monoisotopic (exact) mass is 231 g/mol. The van der Waals surface area contributed by atoms with Gasteiger partial charge in [-0.3, -0.25) is 0 Å². The van der Waals surface area contributed by atoms with Crippen LogP contribution in [-0.2, 0) is 13.5 Å². The van der Waals surface area contributed by atoms with Crippen LogP contribution >= 0.6 is 0 Å². The molecule has 0 bridgehead atoms. The van der Waals surface area contributed by atoms with Gasteiger partial charge in [0.2, 0.25) is 0 Å². The number of benzene rings is 1. The van der Waals surface area contributed by atoms with Crippen molar-refractivity contribution in [2.45, 2.75) is 26.7 Å². The van der Waals surface area contributed by atoms with Crippen molar-refractivity contribution in [2.24, 2.45) is 7.05 Å². The number of aryl methyl sites for hydroxylation is 2. The number of aromatic carboxylic acids is 1. The molecule has 0 saturated heterocycles. The fourth-order valence-corrected chi connectivity index (χ4v) is 2.43. The molecule has 1 N–H and O–H groups in total. The lowest BCUT2D eigenvalue weighted by atomic mass is 10.0. The van der Waals surface area contributed by atoms with Crippen LogP contribution in [0.25, 0.3) is 10.9 Å². The van der Waals surface area contributed by atoms with Gasteiger partial charge in [0.1, 0.15) is 0 Å². The number of rotatable bonds is 3. The summed E-state index contributed by atoms with van der Waals surface area (Å²) in [6.07, 6.45) is 1.95. The second kappa shape index (κ2) is 4.24. The van der Waals surface area contributed by atoms with E-state index in [0.717, 1.165) is 29.4 Å². The van der Waals surface area contributed by atoms with E-state index in [9.17, 15) is 9.90 Å². The third kappa shape index (κ3) is 1.71. The van der Waals surface area contributed by atoms with Crippen molar-refractivity contribution in [3.63, 3.8) is 0 Å². The molecule has 3 heteroatoms. The molecule has 1 heterocycles. The minimum Gasteiger partial charge on any atom is -0.478 e. The van der Waals surface area contributed by atoms with Crippen LogP contribution in [0.1, 0.15) is 35.0 Å². The average molecular weight is 231 g/mol. The van der Waals surface area contributed by atoms with E-state index in [-0.39, 0.29) is 0 Å². The summed E-state index contributed by atoms with van der Waals surface area (Å²) in [5, 5.41) is 10.2. The van der Waals surface area contributed by atoms with Crippen LogP contribution in [-0.4, -0.2) is 15.6 Å². The smallest absolute Gasteiger partial charge is 0.336 e. The maximum atomic E-state index is 11.3. The molecule has 0 aliphatic carbocycles. The molecular formula is C14H17NO2. The lowest BCUT2D eigenvalue weighted by molar-refractivity contribution is 0.0699. The Morgan fingerprint density at radius 3 is 2.71 bits per heavy atom. The van der Waals surface area contributed by atoms with Crippen LogP contribution in [0.2, 0.25) is 0 Å². The lowest BCUT2D eigenvalue weighted by Crippen LogP contribution is -1.98. The topological polar surface area (TPSA) is 42.2 Å². The Hall–Kier alpha value is -1.77. The Kier molecular flexibility index (Phi) is 2.92. The van der Waals surface area contributed by atoms with E-state index in [2.05, 4.69) is 18.4 Å². The normalized spacial score (nSPS) is 11.0. The molecule has 17 heavy (non-hydrogen) atoms. The first-order valence-corrected chi connectivity index (χ1v) is 5.88. The first-order chi connectivity index (χ1) is 8.07. The Morgan fingerprint density at radius 2 is 2.12 bits per heavy atom. The van der Waals surface area contributed by atoms with E-state index < -0.39 is 5.97 Å². The van der Waals surface area contributed by atoms with E-state index in [1.165, 1.54) is 5.56 Å². The zero-order valence-corrected chi connectivity index (χ0v) is 10.4. The number of nitrogens with zero attached hydrogens (tertiary/aromatic N) is 1. The van der Waals surface area contributed by atoms with Gasteiger partial charge in [0.25, 0.3) is 0 Å². The summed E-state index contributed by atoms with van der Waals surface area (Å²) in [7, 11) is 1.99. The third-order valence-corrected chi connectivity index (χ3v) is 3.38. The minimum atomic E-state index is -0.849. The van der Waals surface area contributed by atoms with Crippen LogP contribution in [0.3, 0.4) is 0 Å². The van der Waals surface area contributed by atoms with Gasteiger partial charge in [-0.05, 0) is 31.0 Å². The molecule has 0 aliphatic heterocycles. The molecule has 90 valence electrons. The van der Waals surface area contributed by atoms with Crippen molar-refractivity contribution >= 4 is 16.9 Å². The van der Waals surface area contributed by atoms with Crippen molar-refractivity contribution in [2.75, 3.05) is 0 Å². The van der Waals surface area contributed by atoms with Gasteiger partial charge in [0, 0.05) is 23.6 Å². The predicted molar refractivity (Wildman–Crippen MR) is 68.6 cm³/mol. The van der Waals surface area contributed by atoms with Gasteiger partial charge in [-0.1, -0.05) is 19.4 Å². The van der Waals surface area contributed by atoms with Gasteiger partial charge in [-0.25, -0.2) is 4.79 Å². The molecule has 0 unspecified atom stereocenters. The van der Waals surface area contributed by atoms with E-state index >= 15 is 0 Å². The highest BCUT2D eigenvalue weighted by atomic mass is 16.4. The molecule has 0 spiro atoms. The van der Waals surface area contributed by atoms with Crippen molar-refractivity contribution < 1.29 is 9.90 Å². The maximum Gasteiger partial charge on any atom is 0.336 e. The summed E-state index contributed by atoms with van der Waals surface area (Å²) in [5.74, 6) is -0.849. The number of hydrogen-bond acceptors (Lipinski definition) is 1. The maximum absolute atomic E-state index is 11.3. The standard InChI is InChI=1S/C14H17NO2/c1-4-6-10-9(2)15(3)12-8-5-7-11(13(10)12)14(16)17/h5,7-8H,4,6H2,1-3H3,(H,16,17). The Labute approximate surface area is 101 Å². The number of fused-ring (bicyclic) bond motifs is 1. The first kappa shape index (κ1) is 11.7. The fourth-order valence-electron chi connectivity index (χ4n) is 2.43.